The Kier molecular flexibility index (Phi) is 3.22. The number of nitrogens with zero attached hydrogens (tertiary/aromatic N) is 2. The number of hydrogen-bond acceptors (Lipinski definition) is 5. The monoisotopic (exact) mass is 234 g/mol. The summed E-state index contributed by atoms with van der Waals surface area (Å²) in [5.74, 6) is 1.39. The summed E-state index contributed by atoms with van der Waals surface area (Å²) in [5, 5.41) is 6.79. The molecule has 2 rings (SSSR count). The van der Waals surface area contributed by atoms with Crippen LogP contribution >= 0.6 is 0 Å². The van der Waals surface area contributed by atoms with Gasteiger partial charge in [-0.25, -0.2) is 4.98 Å². The lowest BCUT2D eigenvalue weighted by Crippen LogP contribution is -2.14. The van der Waals surface area contributed by atoms with E-state index in [0.717, 1.165) is 5.69 Å². The molecular formula is C11H14N4O2. The molecule has 0 amide bonds. The normalized spacial score (nSPS) is 10.8. The number of nitrogens with one attached hydrogen (secondary N) is 2. The molecule has 17 heavy (non-hydrogen) atoms. The summed E-state index contributed by atoms with van der Waals surface area (Å²) in [6, 6.07) is 3.18. The van der Waals surface area contributed by atoms with Crippen LogP contribution in [-0.2, 0) is 6.54 Å². The Labute approximate surface area is 98.1 Å². The zero-order valence-corrected chi connectivity index (χ0v) is 9.73. The summed E-state index contributed by atoms with van der Waals surface area (Å²) in [4.78, 5) is 18.4. The van der Waals surface area contributed by atoms with Crippen LogP contribution in [0.1, 0.15) is 31.3 Å². The lowest BCUT2D eigenvalue weighted by Gasteiger charge is -2.07. The van der Waals surface area contributed by atoms with Gasteiger partial charge in [-0.2, -0.15) is 0 Å². The predicted molar refractivity (Wildman–Crippen MR) is 62.8 cm³/mol. The van der Waals surface area contributed by atoms with E-state index in [4.69, 9.17) is 4.52 Å². The number of anilines is 1. The van der Waals surface area contributed by atoms with Crippen LogP contribution in [-0.4, -0.2) is 15.1 Å². The summed E-state index contributed by atoms with van der Waals surface area (Å²) in [6.45, 7) is 4.42. The maximum Gasteiger partial charge on any atom is 0.252 e. The molecule has 0 aliphatic rings. The van der Waals surface area contributed by atoms with Crippen molar-refractivity contribution in [1.82, 2.24) is 15.1 Å². The van der Waals surface area contributed by atoms with E-state index in [2.05, 4.69) is 20.4 Å². The molecule has 0 atom stereocenters. The van der Waals surface area contributed by atoms with Crippen molar-refractivity contribution >= 4 is 5.82 Å². The fourth-order valence-electron chi connectivity index (χ4n) is 1.35. The average molecular weight is 234 g/mol. The first-order valence-corrected chi connectivity index (χ1v) is 5.39. The van der Waals surface area contributed by atoms with Gasteiger partial charge in [-0.05, 0) is 0 Å². The predicted octanol–water partition coefficient (Wildman–Crippen LogP) is 1.49. The summed E-state index contributed by atoms with van der Waals surface area (Å²) < 4.78 is 4.71. The molecule has 6 nitrogen and oxygen atoms in total. The summed E-state index contributed by atoms with van der Waals surface area (Å²) >= 11 is 0. The van der Waals surface area contributed by atoms with E-state index in [1.807, 2.05) is 13.8 Å². The summed E-state index contributed by atoms with van der Waals surface area (Å²) in [5.41, 5.74) is 0.601. The van der Waals surface area contributed by atoms with Crippen LogP contribution in [0.3, 0.4) is 0 Å². The Morgan fingerprint density at radius 1 is 1.53 bits per heavy atom. The van der Waals surface area contributed by atoms with E-state index in [0.29, 0.717) is 18.2 Å². The molecule has 2 heterocycles. The van der Waals surface area contributed by atoms with Gasteiger partial charge in [0.25, 0.3) is 5.56 Å². The molecule has 0 radical (unpaired) electrons. The van der Waals surface area contributed by atoms with Crippen LogP contribution in [0, 0.1) is 0 Å². The van der Waals surface area contributed by atoms with E-state index >= 15 is 0 Å². The number of rotatable bonds is 4. The zero-order chi connectivity index (χ0) is 12.3. The van der Waals surface area contributed by atoms with Gasteiger partial charge in [0.2, 0.25) is 0 Å². The van der Waals surface area contributed by atoms with E-state index in [1.54, 1.807) is 6.07 Å². The highest BCUT2D eigenvalue weighted by atomic mass is 16.5. The van der Waals surface area contributed by atoms with Crippen LogP contribution < -0.4 is 10.9 Å². The molecule has 0 spiro atoms. The van der Waals surface area contributed by atoms with Crippen LogP contribution in [0.5, 0.6) is 0 Å². The molecule has 6 heteroatoms. The third-order valence-corrected chi connectivity index (χ3v) is 2.25. The molecule has 0 aromatic carbocycles. The standard InChI is InChI=1S/C11H14N4O2/c1-7(2)11-13-9(5-10(16)14-11)12-6-8-3-4-17-15-8/h3-5,7H,6H2,1-2H3,(H2,12,13,14,16). The number of hydrogen-bond donors (Lipinski definition) is 2. The summed E-state index contributed by atoms with van der Waals surface area (Å²) in [6.07, 6.45) is 1.50. The third-order valence-electron chi connectivity index (χ3n) is 2.25. The first-order chi connectivity index (χ1) is 8.15. The molecule has 2 aromatic rings. The van der Waals surface area contributed by atoms with Gasteiger partial charge in [-0.3, -0.25) is 4.79 Å². The number of H-pyrrole nitrogens is 1. The van der Waals surface area contributed by atoms with Crippen molar-refractivity contribution in [3.8, 4) is 0 Å². The maximum absolute atomic E-state index is 11.4. The minimum Gasteiger partial charge on any atom is -0.364 e. The van der Waals surface area contributed by atoms with Gasteiger partial charge in [-0.15, -0.1) is 0 Å². The fourth-order valence-corrected chi connectivity index (χ4v) is 1.35. The second-order valence-electron chi connectivity index (χ2n) is 4.01. The second kappa shape index (κ2) is 4.82. The van der Waals surface area contributed by atoms with Gasteiger partial charge in [-0.1, -0.05) is 19.0 Å². The Balaban J connectivity index is 2.13. The Morgan fingerprint density at radius 3 is 3.00 bits per heavy atom. The van der Waals surface area contributed by atoms with E-state index in [1.165, 1.54) is 12.3 Å². The van der Waals surface area contributed by atoms with Crippen LogP contribution in [0.25, 0.3) is 0 Å². The third kappa shape index (κ3) is 2.93. The summed E-state index contributed by atoms with van der Waals surface area (Å²) in [7, 11) is 0. The van der Waals surface area contributed by atoms with Gasteiger partial charge in [0.05, 0.1) is 6.54 Å². The molecule has 0 unspecified atom stereocenters. The quantitative estimate of drug-likeness (QED) is 0.837. The van der Waals surface area contributed by atoms with Crippen molar-refractivity contribution in [1.29, 1.82) is 0 Å². The van der Waals surface area contributed by atoms with Crippen molar-refractivity contribution in [3.63, 3.8) is 0 Å². The molecule has 0 saturated heterocycles. The molecule has 2 aromatic heterocycles. The smallest absolute Gasteiger partial charge is 0.252 e. The molecule has 0 aliphatic heterocycles. The highest BCUT2D eigenvalue weighted by molar-refractivity contribution is 5.33. The number of aromatic nitrogens is 3. The Morgan fingerprint density at radius 2 is 2.35 bits per heavy atom. The largest absolute Gasteiger partial charge is 0.364 e. The first-order valence-electron chi connectivity index (χ1n) is 5.39. The molecule has 0 fully saturated rings. The van der Waals surface area contributed by atoms with Crippen molar-refractivity contribution < 1.29 is 4.52 Å². The van der Waals surface area contributed by atoms with Gasteiger partial charge >= 0.3 is 0 Å². The van der Waals surface area contributed by atoms with Crippen LogP contribution in [0.4, 0.5) is 5.82 Å². The van der Waals surface area contributed by atoms with E-state index in [-0.39, 0.29) is 11.5 Å². The van der Waals surface area contributed by atoms with Crippen molar-refractivity contribution in [3.05, 3.63) is 40.3 Å². The van der Waals surface area contributed by atoms with Crippen molar-refractivity contribution in [2.24, 2.45) is 0 Å². The minimum absolute atomic E-state index is 0.161. The highest BCUT2D eigenvalue weighted by Crippen LogP contribution is 2.09. The fraction of sp³-hybridized carbons (Fsp3) is 0.364. The van der Waals surface area contributed by atoms with Gasteiger partial charge in [0, 0.05) is 18.1 Å². The molecular weight excluding hydrogens is 220 g/mol. The maximum atomic E-state index is 11.4. The molecule has 2 N–H and O–H groups in total. The minimum atomic E-state index is -0.161. The molecule has 0 bridgehead atoms. The van der Waals surface area contributed by atoms with Gasteiger partial charge in [0.1, 0.15) is 23.6 Å². The highest BCUT2D eigenvalue weighted by Gasteiger charge is 2.05. The number of aromatic amines is 1. The van der Waals surface area contributed by atoms with E-state index < -0.39 is 0 Å². The molecule has 0 saturated carbocycles. The molecule has 90 valence electrons. The Hall–Kier alpha value is -2.11. The van der Waals surface area contributed by atoms with Crippen molar-refractivity contribution in [2.75, 3.05) is 5.32 Å². The van der Waals surface area contributed by atoms with Crippen LogP contribution in [0.2, 0.25) is 0 Å². The second-order valence-corrected chi connectivity index (χ2v) is 4.01. The first kappa shape index (κ1) is 11.4. The van der Waals surface area contributed by atoms with Crippen LogP contribution in [0.15, 0.2) is 27.7 Å². The average Bonchev–Trinajstić information content (AvgIpc) is 2.78. The topological polar surface area (TPSA) is 83.8 Å². The zero-order valence-electron chi connectivity index (χ0n) is 9.73. The van der Waals surface area contributed by atoms with Gasteiger partial charge < -0.3 is 14.8 Å². The Bertz CT molecular complexity index is 531. The van der Waals surface area contributed by atoms with Gasteiger partial charge in [0.15, 0.2) is 0 Å². The van der Waals surface area contributed by atoms with E-state index in [9.17, 15) is 4.79 Å². The SMILES string of the molecule is CC(C)c1nc(NCc2ccon2)cc(=O)[nH]1. The lowest BCUT2D eigenvalue weighted by molar-refractivity contribution is 0.412. The lowest BCUT2D eigenvalue weighted by atomic mass is 10.2. The molecule has 0 aliphatic carbocycles. The van der Waals surface area contributed by atoms with Crippen molar-refractivity contribution in [2.45, 2.75) is 26.3 Å².